The lowest BCUT2D eigenvalue weighted by Gasteiger charge is -2.32. The summed E-state index contributed by atoms with van der Waals surface area (Å²) in [6.07, 6.45) is -0.478. The largest absolute Gasteiger partial charge is 0.481 e. The van der Waals surface area contributed by atoms with Crippen molar-refractivity contribution in [3.63, 3.8) is 0 Å². The highest BCUT2D eigenvalue weighted by atomic mass is 16.5. The lowest BCUT2D eigenvalue weighted by Crippen LogP contribution is -2.47. The zero-order valence-electron chi connectivity index (χ0n) is 8.64. The van der Waals surface area contributed by atoms with Crippen molar-refractivity contribution in [2.75, 3.05) is 33.4 Å². The van der Waals surface area contributed by atoms with Crippen LogP contribution in [0.25, 0.3) is 0 Å². The smallest absolute Gasteiger partial charge is 0.306 e. The maximum Gasteiger partial charge on any atom is 0.306 e. The number of hydrogen-bond donors (Lipinski definition) is 1. The fraction of sp³-hybridized carbons (Fsp3) is 0.778. The number of hydrogen-bond acceptors (Lipinski definition) is 4. The van der Waals surface area contributed by atoms with E-state index in [0.29, 0.717) is 19.7 Å². The van der Waals surface area contributed by atoms with E-state index in [-0.39, 0.29) is 18.9 Å². The highest BCUT2D eigenvalue weighted by Crippen LogP contribution is 2.08. The molecule has 0 bridgehead atoms. The molecule has 1 N–H and O–H groups in total. The summed E-state index contributed by atoms with van der Waals surface area (Å²) < 4.78 is 9.96. The van der Waals surface area contributed by atoms with Crippen LogP contribution in [0.15, 0.2) is 0 Å². The number of carboxylic acids is 1. The van der Waals surface area contributed by atoms with Gasteiger partial charge in [0.25, 0.3) is 0 Å². The molecule has 0 aromatic rings. The van der Waals surface area contributed by atoms with Gasteiger partial charge in [0.2, 0.25) is 5.91 Å². The summed E-state index contributed by atoms with van der Waals surface area (Å²) in [5.74, 6) is -1.04. The van der Waals surface area contributed by atoms with Crippen LogP contribution in [0.3, 0.4) is 0 Å². The van der Waals surface area contributed by atoms with Crippen LogP contribution in [-0.4, -0.2) is 61.4 Å². The van der Waals surface area contributed by atoms with E-state index < -0.39 is 12.1 Å². The van der Waals surface area contributed by atoms with Gasteiger partial charge in [0.15, 0.2) is 0 Å². The van der Waals surface area contributed by atoms with Crippen LogP contribution in [0.2, 0.25) is 0 Å². The number of aliphatic carboxylic acids is 1. The Morgan fingerprint density at radius 3 is 2.93 bits per heavy atom. The third-order valence-electron chi connectivity index (χ3n) is 2.16. The van der Waals surface area contributed by atoms with E-state index >= 15 is 0 Å². The van der Waals surface area contributed by atoms with Crippen molar-refractivity contribution in [3.05, 3.63) is 0 Å². The molecule has 0 saturated carbocycles. The minimum atomic E-state index is -0.916. The van der Waals surface area contributed by atoms with E-state index in [4.69, 9.17) is 14.6 Å². The van der Waals surface area contributed by atoms with Gasteiger partial charge >= 0.3 is 5.97 Å². The number of methoxy groups -OCH3 is 1. The molecule has 1 aliphatic heterocycles. The Kier molecular flexibility index (Phi) is 4.51. The molecule has 0 radical (unpaired) electrons. The minimum absolute atomic E-state index is 0.0276. The fourth-order valence-electron chi connectivity index (χ4n) is 1.48. The molecule has 0 aromatic heterocycles. The van der Waals surface area contributed by atoms with Gasteiger partial charge in [-0.25, -0.2) is 0 Å². The summed E-state index contributed by atoms with van der Waals surface area (Å²) in [5.41, 5.74) is 0. The molecule has 1 rings (SSSR count). The highest BCUT2D eigenvalue weighted by molar-refractivity contribution is 5.77. The van der Waals surface area contributed by atoms with Gasteiger partial charge in [-0.1, -0.05) is 0 Å². The molecule has 1 unspecified atom stereocenters. The van der Waals surface area contributed by atoms with Crippen molar-refractivity contribution in [2.45, 2.75) is 12.5 Å². The Labute approximate surface area is 87.8 Å². The van der Waals surface area contributed by atoms with Gasteiger partial charge in [0.05, 0.1) is 19.1 Å². The molecular weight excluding hydrogens is 202 g/mol. The summed E-state index contributed by atoms with van der Waals surface area (Å²) >= 11 is 0. The molecule has 15 heavy (non-hydrogen) atoms. The summed E-state index contributed by atoms with van der Waals surface area (Å²) in [5, 5.41) is 8.59. The Bertz CT molecular complexity index is 243. The van der Waals surface area contributed by atoms with E-state index in [1.807, 2.05) is 0 Å². The van der Waals surface area contributed by atoms with Gasteiger partial charge in [0.1, 0.15) is 6.61 Å². The van der Waals surface area contributed by atoms with E-state index in [2.05, 4.69) is 0 Å². The maximum absolute atomic E-state index is 11.4. The topological polar surface area (TPSA) is 76.1 Å². The average molecular weight is 217 g/mol. The second kappa shape index (κ2) is 5.67. The van der Waals surface area contributed by atoms with Crippen LogP contribution in [0.5, 0.6) is 0 Å². The van der Waals surface area contributed by atoms with Crippen molar-refractivity contribution in [1.82, 2.24) is 4.90 Å². The quantitative estimate of drug-likeness (QED) is 0.676. The summed E-state index contributed by atoms with van der Waals surface area (Å²) in [6.45, 7) is 1.24. The molecule has 86 valence electrons. The Hall–Kier alpha value is -1.14. The lowest BCUT2D eigenvalue weighted by molar-refractivity contribution is -0.149. The van der Waals surface area contributed by atoms with Crippen LogP contribution < -0.4 is 0 Å². The highest BCUT2D eigenvalue weighted by Gasteiger charge is 2.25. The number of rotatable bonds is 4. The number of ether oxygens (including phenoxy) is 2. The van der Waals surface area contributed by atoms with Crippen molar-refractivity contribution in [1.29, 1.82) is 0 Å². The van der Waals surface area contributed by atoms with Crippen LogP contribution in [0.1, 0.15) is 6.42 Å². The summed E-state index contributed by atoms with van der Waals surface area (Å²) in [4.78, 5) is 23.5. The van der Waals surface area contributed by atoms with E-state index in [0.717, 1.165) is 0 Å². The minimum Gasteiger partial charge on any atom is -0.481 e. The molecule has 6 nitrogen and oxygen atoms in total. The predicted molar refractivity (Wildman–Crippen MR) is 50.4 cm³/mol. The standard InChI is InChI=1S/C9H15NO5/c1-14-6-8(11)10-2-3-15-7(5-10)4-9(12)13/h7H,2-6H2,1H3,(H,12,13). The Balaban J connectivity index is 2.41. The van der Waals surface area contributed by atoms with E-state index in [1.165, 1.54) is 7.11 Å². The number of carbonyl (C=O) groups excluding carboxylic acids is 1. The summed E-state index contributed by atoms with van der Waals surface area (Å²) in [7, 11) is 1.45. The number of carbonyl (C=O) groups is 2. The van der Waals surface area contributed by atoms with Gasteiger partial charge in [0, 0.05) is 20.2 Å². The van der Waals surface area contributed by atoms with Gasteiger partial charge in [-0.15, -0.1) is 0 Å². The van der Waals surface area contributed by atoms with E-state index in [1.54, 1.807) is 4.90 Å². The molecule has 6 heteroatoms. The first kappa shape index (κ1) is 11.9. The Morgan fingerprint density at radius 2 is 2.33 bits per heavy atom. The van der Waals surface area contributed by atoms with E-state index in [9.17, 15) is 9.59 Å². The van der Waals surface area contributed by atoms with Gasteiger partial charge in [-0.2, -0.15) is 0 Å². The SMILES string of the molecule is COCC(=O)N1CCOC(CC(=O)O)C1. The van der Waals surface area contributed by atoms with Crippen molar-refractivity contribution in [3.8, 4) is 0 Å². The van der Waals surface area contributed by atoms with Crippen LogP contribution in [0, 0.1) is 0 Å². The molecule has 0 aromatic carbocycles. The third-order valence-corrected chi connectivity index (χ3v) is 2.16. The van der Waals surface area contributed by atoms with Crippen molar-refractivity contribution >= 4 is 11.9 Å². The van der Waals surface area contributed by atoms with Crippen LogP contribution >= 0.6 is 0 Å². The molecule has 0 aliphatic carbocycles. The summed E-state index contributed by atoms with van der Waals surface area (Å²) in [6, 6.07) is 0. The second-order valence-electron chi connectivity index (χ2n) is 3.36. The number of nitrogens with zero attached hydrogens (tertiary/aromatic N) is 1. The molecule has 1 aliphatic rings. The molecular formula is C9H15NO5. The maximum atomic E-state index is 11.4. The predicted octanol–water partition coefficient (Wildman–Crippen LogP) is -0.665. The Morgan fingerprint density at radius 1 is 1.60 bits per heavy atom. The lowest BCUT2D eigenvalue weighted by atomic mass is 10.2. The van der Waals surface area contributed by atoms with Gasteiger partial charge < -0.3 is 19.5 Å². The van der Waals surface area contributed by atoms with Gasteiger partial charge in [-0.05, 0) is 0 Å². The first-order valence-electron chi connectivity index (χ1n) is 4.73. The molecule has 1 fully saturated rings. The van der Waals surface area contributed by atoms with Crippen molar-refractivity contribution in [2.24, 2.45) is 0 Å². The molecule has 1 heterocycles. The first-order valence-corrected chi connectivity index (χ1v) is 4.73. The monoisotopic (exact) mass is 217 g/mol. The van der Waals surface area contributed by atoms with Crippen LogP contribution in [-0.2, 0) is 19.1 Å². The second-order valence-corrected chi connectivity index (χ2v) is 3.36. The number of morpholine rings is 1. The fourth-order valence-corrected chi connectivity index (χ4v) is 1.48. The first-order chi connectivity index (χ1) is 7.13. The zero-order chi connectivity index (χ0) is 11.3. The van der Waals surface area contributed by atoms with Crippen LogP contribution in [0.4, 0.5) is 0 Å². The molecule has 1 amide bonds. The molecule has 1 atom stereocenters. The average Bonchev–Trinajstić information content (AvgIpc) is 2.17. The zero-order valence-corrected chi connectivity index (χ0v) is 8.64. The van der Waals surface area contributed by atoms with Crippen molar-refractivity contribution < 1.29 is 24.2 Å². The third kappa shape index (κ3) is 3.85. The molecule has 0 spiro atoms. The number of amides is 1. The van der Waals surface area contributed by atoms with Gasteiger partial charge in [-0.3, -0.25) is 9.59 Å². The normalized spacial score (nSPS) is 21.4. The molecule has 1 saturated heterocycles. The number of carboxylic acid groups (broad SMARTS) is 1.